The van der Waals surface area contributed by atoms with Gasteiger partial charge in [0.1, 0.15) is 5.82 Å². The van der Waals surface area contributed by atoms with Crippen LogP contribution in [-0.4, -0.2) is 9.97 Å². The van der Waals surface area contributed by atoms with Gasteiger partial charge in [-0.1, -0.05) is 26.0 Å². The number of nitrogens with zero attached hydrogens (tertiary/aromatic N) is 1. The second kappa shape index (κ2) is 6.05. The fourth-order valence-electron chi connectivity index (χ4n) is 2.86. The molecular weight excluding hydrogens is 232 g/mol. The summed E-state index contributed by atoms with van der Waals surface area (Å²) in [5.41, 5.74) is 7.08. The quantitative estimate of drug-likeness (QED) is 0.793. The van der Waals surface area contributed by atoms with Crippen molar-refractivity contribution in [1.29, 1.82) is 0 Å². The molecule has 0 fully saturated rings. The molecule has 1 aliphatic rings. The van der Waals surface area contributed by atoms with E-state index in [0.29, 0.717) is 0 Å². The first-order valence-corrected chi connectivity index (χ1v) is 7.39. The van der Waals surface area contributed by atoms with E-state index in [2.05, 4.69) is 29.0 Å². The SMILES string of the molecule is CC.Cc1ncc(-c2ccc(C)c3c2CCCC3)[nH]1. The second-order valence-corrected chi connectivity index (χ2v) is 4.98. The van der Waals surface area contributed by atoms with Gasteiger partial charge < -0.3 is 4.98 Å². The highest BCUT2D eigenvalue weighted by molar-refractivity contribution is 5.66. The van der Waals surface area contributed by atoms with Crippen molar-refractivity contribution >= 4 is 0 Å². The number of hydrogen-bond donors (Lipinski definition) is 1. The molecule has 19 heavy (non-hydrogen) atoms. The lowest BCUT2D eigenvalue weighted by Gasteiger charge is -2.21. The number of aromatic nitrogens is 2. The van der Waals surface area contributed by atoms with E-state index >= 15 is 0 Å². The van der Waals surface area contributed by atoms with E-state index in [0.717, 1.165) is 5.82 Å². The number of nitrogens with one attached hydrogen (secondary N) is 1. The first-order chi connectivity index (χ1) is 9.25. The number of imidazole rings is 1. The van der Waals surface area contributed by atoms with Crippen LogP contribution in [0, 0.1) is 13.8 Å². The van der Waals surface area contributed by atoms with Crippen LogP contribution in [0.25, 0.3) is 11.3 Å². The van der Waals surface area contributed by atoms with Crippen LogP contribution in [0.5, 0.6) is 0 Å². The van der Waals surface area contributed by atoms with Crippen LogP contribution in [0.2, 0.25) is 0 Å². The predicted octanol–water partition coefficient (Wildman–Crippen LogP) is 4.60. The number of H-pyrrole nitrogens is 1. The van der Waals surface area contributed by atoms with E-state index < -0.39 is 0 Å². The summed E-state index contributed by atoms with van der Waals surface area (Å²) < 4.78 is 0. The Morgan fingerprint density at radius 1 is 1.00 bits per heavy atom. The summed E-state index contributed by atoms with van der Waals surface area (Å²) >= 11 is 0. The van der Waals surface area contributed by atoms with Crippen LogP contribution in [0.4, 0.5) is 0 Å². The van der Waals surface area contributed by atoms with Gasteiger partial charge in [0.2, 0.25) is 0 Å². The lowest BCUT2D eigenvalue weighted by molar-refractivity contribution is 0.683. The smallest absolute Gasteiger partial charge is 0.103 e. The van der Waals surface area contributed by atoms with Gasteiger partial charge in [0.25, 0.3) is 0 Å². The minimum absolute atomic E-state index is 0.991. The normalized spacial score (nSPS) is 13.5. The van der Waals surface area contributed by atoms with Crippen molar-refractivity contribution in [3.8, 4) is 11.3 Å². The van der Waals surface area contributed by atoms with Gasteiger partial charge in [-0.25, -0.2) is 4.98 Å². The molecule has 1 aromatic carbocycles. The maximum atomic E-state index is 4.31. The van der Waals surface area contributed by atoms with Crippen LogP contribution in [-0.2, 0) is 12.8 Å². The Hall–Kier alpha value is -1.57. The van der Waals surface area contributed by atoms with Gasteiger partial charge in [-0.3, -0.25) is 0 Å². The van der Waals surface area contributed by atoms with Crippen molar-refractivity contribution in [2.24, 2.45) is 0 Å². The Kier molecular flexibility index (Phi) is 4.41. The minimum Gasteiger partial charge on any atom is -0.342 e. The molecule has 0 spiro atoms. The lowest BCUT2D eigenvalue weighted by atomic mass is 9.85. The number of rotatable bonds is 1. The number of hydrogen-bond acceptors (Lipinski definition) is 1. The summed E-state index contributed by atoms with van der Waals surface area (Å²) in [5.74, 6) is 0.991. The van der Waals surface area contributed by atoms with Crippen molar-refractivity contribution in [1.82, 2.24) is 9.97 Å². The van der Waals surface area contributed by atoms with Gasteiger partial charge in [-0.2, -0.15) is 0 Å². The zero-order valence-electron chi connectivity index (χ0n) is 12.5. The largest absolute Gasteiger partial charge is 0.342 e. The third kappa shape index (κ3) is 2.73. The topological polar surface area (TPSA) is 28.7 Å². The van der Waals surface area contributed by atoms with E-state index in [1.165, 1.54) is 42.5 Å². The summed E-state index contributed by atoms with van der Waals surface area (Å²) in [7, 11) is 0. The van der Waals surface area contributed by atoms with Gasteiger partial charge in [0, 0.05) is 5.56 Å². The Bertz CT molecular complexity index is 552. The minimum atomic E-state index is 0.991. The van der Waals surface area contributed by atoms with Crippen LogP contribution in [0.1, 0.15) is 49.2 Å². The molecule has 0 radical (unpaired) electrons. The second-order valence-electron chi connectivity index (χ2n) is 4.98. The van der Waals surface area contributed by atoms with Crippen molar-refractivity contribution in [3.63, 3.8) is 0 Å². The monoisotopic (exact) mass is 256 g/mol. The molecule has 3 rings (SSSR count). The molecule has 0 aliphatic heterocycles. The van der Waals surface area contributed by atoms with Gasteiger partial charge >= 0.3 is 0 Å². The fourth-order valence-corrected chi connectivity index (χ4v) is 2.86. The zero-order valence-corrected chi connectivity index (χ0v) is 12.5. The van der Waals surface area contributed by atoms with Crippen molar-refractivity contribution in [2.45, 2.75) is 53.4 Å². The molecule has 0 saturated heterocycles. The van der Waals surface area contributed by atoms with Crippen molar-refractivity contribution in [3.05, 3.63) is 40.8 Å². The van der Waals surface area contributed by atoms with E-state index in [4.69, 9.17) is 0 Å². The summed E-state index contributed by atoms with van der Waals surface area (Å²) in [4.78, 5) is 7.66. The molecule has 2 heteroatoms. The Balaban J connectivity index is 0.000000637. The third-order valence-electron chi connectivity index (χ3n) is 3.76. The summed E-state index contributed by atoms with van der Waals surface area (Å²) in [6.45, 7) is 8.23. The number of benzene rings is 1. The van der Waals surface area contributed by atoms with Crippen LogP contribution in [0.15, 0.2) is 18.3 Å². The molecule has 0 unspecified atom stereocenters. The third-order valence-corrected chi connectivity index (χ3v) is 3.76. The maximum absolute atomic E-state index is 4.31. The van der Waals surface area contributed by atoms with E-state index in [1.807, 2.05) is 27.0 Å². The summed E-state index contributed by atoms with van der Waals surface area (Å²) in [6.07, 6.45) is 7.05. The molecule has 0 saturated carbocycles. The fraction of sp³-hybridized carbons (Fsp3) is 0.471. The predicted molar refractivity (Wildman–Crippen MR) is 81.5 cm³/mol. The maximum Gasteiger partial charge on any atom is 0.103 e. The molecule has 1 aromatic heterocycles. The molecule has 1 aliphatic carbocycles. The molecule has 1 N–H and O–H groups in total. The first kappa shape index (κ1) is 13.9. The molecule has 102 valence electrons. The van der Waals surface area contributed by atoms with Gasteiger partial charge in [0.05, 0.1) is 11.9 Å². The van der Waals surface area contributed by atoms with Crippen LogP contribution < -0.4 is 0 Å². The van der Waals surface area contributed by atoms with Gasteiger partial charge in [-0.15, -0.1) is 0 Å². The average Bonchev–Trinajstić information content (AvgIpc) is 2.88. The Morgan fingerprint density at radius 3 is 2.32 bits per heavy atom. The van der Waals surface area contributed by atoms with E-state index in [9.17, 15) is 0 Å². The van der Waals surface area contributed by atoms with Crippen molar-refractivity contribution in [2.75, 3.05) is 0 Å². The molecule has 0 bridgehead atoms. The van der Waals surface area contributed by atoms with Crippen LogP contribution >= 0.6 is 0 Å². The molecule has 0 atom stereocenters. The van der Waals surface area contributed by atoms with E-state index in [-0.39, 0.29) is 0 Å². The lowest BCUT2D eigenvalue weighted by Crippen LogP contribution is -2.06. The first-order valence-electron chi connectivity index (χ1n) is 7.39. The van der Waals surface area contributed by atoms with E-state index in [1.54, 1.807) is 11.1 Å². The number of aromatic amines is 1. The molecule has 1 heterocycles. The van der Waals surface area contributed by atoms with Gasteiger partial charge in [-0.05, 0) is 56.2 Å². The standard InChI is InChI=1S/C15H18N2.C2H6/c1-10-7-8-14(15-9-16-11(2)17-15)13-6-4-3-5-12(10)13;1-2/h7-9H,3-6H2,1-2H3,(H,16,17);1-2H3. The highest BCUT2D eigenvalue weighted by Crippen LogP contribution is 2.32. The molecule has 2 nitrogen and oxygen atoms in total. The summed E-state index contributed by atoms with van der Waals surface area (Å²) in [5, 5.41) is 0. The van der Waals surface area contributed by atoms with Gasteiger partial charge in [0.15, 0.2) is 0 Å². The molecule has 2 aromatic rings. The highest BCUT2D eigenvalue weighted by atomic mass is 14.9. The summed E-state index contributed by atoms with van der Waals surface area (Å²) in [6, 6.07) is 4.49. The van der Waals surface area contributed by atoms with Crippen molar-refractivity contribution < 1.29 is 0 Å². The average molecular weight is 256 g/mol. The molecule has 0 amide bonds. The van der Waals surface area contributed by atoms with Crippen LogP contribution in [0.3, 0.4) is 0 Å². The highest BCUT2D eigenvalue weighted by Gasteiger charge is 2.16. The Morgan fingerprint density at radius 2 is 1.68 bits per heavy atom. The zero-order chi connectivity index (χ0) is 13.8. The number of fused-ring (bicyclic) bond motifs is 1. The number of aryl methyl sites for hydroxylation is 2. The Labute approximate surface area is 116 Å². The molecular formula is C17H24N2.